The van der Waals surface area contributed by atoms with Crippen molar-refractivity contribution in [3.8, 4) is 0 Å². The predicted molar refractivity (Wildman–Crippen MR) is 115 cm³/mol. The molecule has 3 aliphatic rings. The summed E-state index contributed by atoms with van der Waals surface area (Å²) in [5.41, 5.74) is 1.01. The van der Waals surface area contributed by atoms with E-state index in [4.69, 9.17) is 4.74 Å². The van der Waals surface area contributed by atoms with Gasteiger partial charge in [-0.25, -0.2) is 8.42 Å². The van der Waals surface area contributed by atoms with E-state index in [1.807, 2.05) is 11.8 Å². The van der Waals surface area contributed by atoms with Gasteiger partial charge in [-0.2, -0.15) is 4.31 Å². The van der Waals surface area contributed by atoms with Crippen molar-refractivity contribution in [2.24, 2.45) is 0 Å². The molecule has 0 N–H and O–H groups in total. The number of hydrogen-bond acceptors (Lipinski definition) is 5. The van der Waals surface area contributed by atoms with Crippen molar-refractivity contribution in [3.05, 3.63) is 29.8 Å². The van der Waals surface area contributed by atoms with Crippen LogP contribution in [0.25, 0.3) is 0 Å². The number of ether oxygens (including phenoxy) is 1. The highest BCUT2D eigenvalue weighted by molar-refractivity contribution is 7.89. The molecule has 0 bridgehead atoms. The molecular weight excluding hydrogens is 402 g/mol. The van der Waals surface area contributed by atoms with Gasteiger partial charge in [-0.05, 0) is 44.7 Å². The molecule has 1 aromatic rings. The summed E-state index contributed by atoms with van der Waals surface area (Å²) in [5, 5.41) is 0. The second kappa shape index (κ2) is 9.34. The number of piperazine rings is 1. The number of carbonyl (C=O) groups excluding carboxylic acids is 1. The number of piperidine rings is 1. The van der Waals surface area contributed by atoms with Crippen molar-refractivity contribution in [3.63, 3.8) is 0 Å². The topological polar surface area (TPSA) is 70.2 Å². The fourth-order valence-corrected chi connectivity index (χ4v) is 6.37. The van der Waals surface area contributed by atoms with Gasteiger partial charge < -0.3 is 9.64 Å². The Morgan fingerprint density at radius 2 is 1.73 bits per heavy atom. The molecule has 0 spiro atoms. The molecule has 3 saturated heterocycles. The van der Waals surface area contributed by atoms with E-state index >= 15 is 0 Å². The lowest BCUT2D eigenvalue weighted by Gasteiger charge is -2.40. The fraction of sp³-hybridized carbons (Fsp3) is 0.682. The summed E-state index contributed by atoms with van der Waals surface area (Å²) in [7, 11) is -3.68. The minimum atomic E-state index is -3.68. The molecule has 30 heavy (non-hydrogen) atoms. The molecule has 1 amide bonds. The van der Waals surface area contributed by atoms with Gasteiger partial charge in [-0.1, -0.05) is 24.1 Å². The molecule has 166 valence electrons. The van der Waals surface area contributed by atoms with Crippen LogP contribution in [0, 0.1) is 6.92 Å². The van der Waals surface area contributed by atoms with Crippen molar-refractivity contribution < 1.29 is 17.9 Å². The highest BCUT2D eigenvalue weighted by Gasteiger charge is 2.40. The number of nitrogens with zero attached hydrogens (tertiary/aromatic N) is 3. The molecule has 3 fully saturated rings. The average molecular weight is 436 g/mol. The summed E-state index contributed by atoms with van der Waals surface area (Å²) < 4.78 is 33.7. The SMILES string of the molecule is Cc1ccc(S(=O)(=O)N2CCCC[C@@H]2C(=O)N2CCN(C[C@@H]3CCCO3)CC2)cc1. The van der Waals surface area contributed by atoms with E-state index < -0.39 is 16.1 Å². The second-order valence-corrected chi connectivity index (χ2v) is 10.6. The normalized spacial score (nSPS) is 26.8. The lowest BCUT2D eigenvalue weighted by molar-refractivity contribution is -0.138. The molecule has 7 nitrogen and oxygen atoms in total. The Morgan fingerprint density at radius 1 is 1.00 bits per heavy atom. The van der Waals surface area contributed by atoms with Crippen molar-refractivity contribution in [1.29, 1.82) is 0 Å². The lowest BCUT2D eigenvalue weighted by atomic mass is 10.0. The largest absolute Gasteiger partial charge is 0.377 e. The molecule has 1 aromatic carbocycles. The van der Waals surface area contributed by atoms with Gasteiger partial charge in [0.25, 0.3) is 0 Å². The first-order chi connectivity index (χ1) is 14.4. The first-order valence-corrected chi connectivity index (χ1v) is 12.6. The molecule has 8 heteroatoms. The van der Waals surface area contributed by atoms with Gasteiger partial charge >= 0.3 is 0 Å². The maximum atomic E-state index is 13.3. The molecule has 0 unspecified atom stereocenters. The van der Waals surface area contributed by atoms with E-state index in [9.17, 15) is 13.2 Å². The third-order valence-corrected chi connectivity index (χ3v) is 8.46. The number of benzene rings is 1. The van der Waals surface area contributed by atoms with Gasteiger partial charge in [0, 0.05) is 45.9 Å². The highest BCUT2D eigenvalue weighted by Crippen LogP contribution is 2.27. The van der Waals surface area contributed by atoms with Crippen LogP contribution < -0.4 is 0 Å². The van der Waals surface area contributed by atoms with Gasteiger partial charge in [-0.15, -0.1) is 0 Å². The van der Waals surface area contributed by atoms with Gasteiger partial charge in [0.1, 0.15) is 6.04 Å². The monoisotopic (exact) mass is 435 g/mol. The van der Waals surface area contributed by atoms with Crippen LogP contribution >= 0.6 is 0 Å². The third kappa shape index (κ3) is 4.72. The molecule has 3 heterocycles. The van der Waals surface area contributed by atoms with Crippen LogP contribution in [0.15, 0.2) is 29.2 Å². The van der Waals surface area contributed by atoms with E-state index in [2.05, 4.69) is 4.90 Å². The van der Waals surface area contributed by atoms with Crippen LogP contribution in [-0.4, -0.2) is 86.5 Å². The standard InChI is InChI=1S/C22H33N3O4S/c1-18-7-9-20(10-8-18)30(27,28)25-11-3-2-6-21(25)22(26)24-14-12-23(13-15-24)17-19-5-4-16-29-19/h7-10,19,21H,2-6,11-17H2,1H3/t19-,21+/m0/s1. The van der Waals surface area contributed by atoms with Crippen LogP contribution in [0.3, 0.4) is 0 Å². The zero-order chi connectivity index (χ0) is 21.1. The van der Waals surface area contributed by atoms with Crippen LogP contribution in [0.1, 0.15) is 37.7 Å². The Hall–Kier alpha value is -1.48. The summed E-state index contributed by atoms with van der Waals surface area (Å²) >= 11 is 0. The lowest BCUT2D eigenvalue weighted by Crippen LogP contribution is -2.57. The Bertz CT molecular complexity index is 828. The van der Waals surface area contributed by atoms with Crippen molar-refractivity contribution in [1.82, 2.24) is 14.1 Å². The van der Waals surface area contributed by atoms with E-state index in [-0.39, 0.29) is 10.8 Å². The highest BCUT2D eigenvalue weighted by atomic mass is 32.2. The first-order valence-electron chi connectivity index (χ1n) is 11.2. The summed E-state index contributed by atoms with van der Waals surface area (Å²) in [6, 6.07) is 6.31. The van der Waals surface area contributed by atoms with E-state index in [1.165, 1.54) is 4.31 Å². The quantitative estimate of drug-likeness (QED) is 0.706. The minimum Gasteiger partial charge on any atom is -0.377 e. The molecular formula is C22H33N3O4S. The van der Waals surface area contributed by atoms with Crippen LogP contribution in [0.2, 0.25) is 0 Å². The summed E-state index contributed by atoms with van der Waals surface area (Å²) in [6.07, 6.45) is 4.85. The number of sulfonamides is 1. The van der Waals surface area contributed by atoms with Crippen molar-refractivity contribution in [2.75, 3.05) is 45.9 Å². The van der Waals surface area contributed by atoms with E-state index in [0.29, 0.717) is 32.2 Å². The number of aryl methyl sites for hydroxylation is 1. The van der Waals surface area contributed by atoms with Gasteiger partial charge in [0.2, 0.25) is 15.9 Å². The van der Waals surface area contributed by atoms with E-state index in [1.54, 1.807) is 24.3 Å². The summed E-state index contributed by atoms with van der Waals surface area (Å²) in [4.78, 5) is 17.8. The number of amides is 1. The molecule has 0 aromatic heterocycles. The third-order valence-electron chi connectivity index (χ3n) is 6.54. The van der Waals surface area contributed by atoms with Gasteiger partial charge in [0.15, 0.2) is 0 Å². The maximum absolute atomic E-state index is 13.3. The van der Waals surface area contributed by atoms with Crippen LogP contribution in [0.5, 0.6) is 0 Å². The second-order valence-electron chi connectivity index (χ2n) is 8.70. The van der Waals surface area contributed by atoms with Crippen LogP contribution in [0.4, 0.5) is 0 Å². The Balaban J connectivity index is 1.41. The molecule has 0 radical (unpaired) electrons. The molecule has 2 atom stereocenters. The molecule has 4 rings (SSSR count). The molecule has 3 aliphatic heterocycles. The van der Waals surface area contributed by atoms with Gasteiger partial charge in [0.05, 0.1) is 11.0 Å². The summed E-state index contributed by atoms with van der Waals surface area (Å²) in [6.45, 7) is 7.08. The van der Waals surface area contributed by atoms with E-state index in [0.717, 1.165) is 57.5 Å². The van der Waals surface area contributed by atoms with Crippen molar-refractivity contribution in [2.45, 2.75) is 56.1 Å². The first kappa shape index (κ1) is 21.7. The average Bonchev–Trinajstić information content (AvgIpc) is 3.27. The Kier molecular flexibility index (Phi) is 6.77. The minimum absolute atomic E-state index is 0.0397. The summed E-state index contributed by atoms with van der Waals surface area (Å²) in [5.74, 6) is -0.0397. The Morgan fingerprint density at radius 3 is 2.40 bits per heavy atom. The number of rotatable bonds is 5. The predicted octanol–water partition coefficient (Wildman–Crippen LogP) is 1.86. The smallest absolute Gasteiger partial charge is 0.243 e. The van der Waals surface area contributed by atoms with Gasteiger partial charge in [-0.3, -0.25) is 9.69 Å². The molecule has 0 aliphatic carbocycles. The zero-order valence-electron chi connectivity index (χ0n) is 17.8. The fourth-order valence-electron chi connectivity index (χ4n) is 4.72. The Labute approximate surface area is 180 Å². The maximum Gasteiger partial charge on any atom is 0.243 e. The molecule has 0 saturated carbocycles. The number of carbonyl (C=O) groups is 1. The van der Waals surface area contributed by atoms with Crippen molar-refractivity contribution >= 4 is 15.9 Å². The van der Waals surface area contributed by atoms with Crippen LogP contribution in [-0.2, 0) is 19.6 Å². The number of hydrogen-bond donors (Lipinski definition) is 0. The zero-order valence-corrected chi connectivity index (χ0v) is 18.6.